The Morgan fingerprint density at radius 2 is 1.83 bits per heavy atom. The predicted molar refractivity (Wildman–Crippen MR) is 93.8 cm³/mol. The summed E-state index contributed by atoms with van der Waals surface area (Å²) in [6, 6.07) is 2.30. The molecule has 0 atom stereocenters. The molecule has 1 aliphatic rings. The number of anilines is 1. The third-order valence-corrected chi connectivity index (χ3v) is 4.29. The Morgan fingerprint density at radius 3 is 2.43 bits per heavy atom. The average molecular weight is 318 g/mol. The Morgan fingerprint density at radius 1 is 1.17 bits per heavy atom. The first kappa shape index (κ1) is 17.7. The van der Waals surface area contributed by atoms with Crippen LogP contribution in [0, 0.1) is 6.92 Å². The Hall–Kier alpha value is -1.65. The van der Waals surface area contributed by atoms with Gasteiger partial charge in [-0.3, -0.25) is 4.79 Å². The van der Waals surface area contributed by atoms with Crippen LogP contribution < -0.4 is 5.32 Å². The predicted octanol–water partition coefficient (Wildman–Crippen LogP) is 3.79. The molecule has 1 saturated carbocycles. The number of amides is 1. The highest BCUT2D eigenvalue weighted by Gasteiger charge is 2.19. The van der Waals surface area contributed by atoms with E-state index in [4.69, 9.17) is 0 Å². The van der Waals surface area contributed by atoms with Crippen LogP contribution in [-0.2, 0) is 0 Å². The Balaban J connectivity index is 2.13. The van der Waals surface area contributed by atoms with Crippen molar-refractivity contribution in [3.8, 4) is 0 Å². The maximum atomic E-state index is 12.7. The van der Waals surface area contributed by atoms with E-state index >= 15 is 0 Å². The molecule has 0 radical (unpaired) electrons. The first-order chi connectivity index (χ1) is 11.1. The number of nitrogens with one attached hydrogen (secondary N) is 1. The van der Waals surface area contributed by atoms with E-state index in [1.807, 2.05) is 17.9 Å². The van der Waals surface area contributed by atoms with Crippen molar-refractivity contribution in [3.63, 3.8) is 0 Å². The van der Waals surface area contributed by atoms with E-state index in [1.54, 1.807) is 0 Å². The molecule has 0 unspecified atom stereocenters. The van der Waals surface area contributed by atoms with Crippen molar-refractivity contribution < 1.29 is 4.79 Å². The smallest absolute Gasteiger partial charge is 0.272 e. The van der Waals surface area contributed by atoms with Crippen molar-refractivity contribution in [2.45, 2.75) is 71.8 Å². The maximum absolute atomic E-state index is 12.7. The fourth-order valence-electron chi connectivity index (χ4n) is 3.22. The molecule has 1 aliphatic carbocycles. The molecule has 1 heterocycles. The van der Waals surface area contributed by atoms with Crippen LogP contribution in [0.15, 0.2) is 6.07 Å². The lowest BCUT2D eigenvalue weighted by Gasteiger charge is -2.24. The lowest BCUT2D eigenvalue weighted by atomic mass is 9.95. The van der Waals surface area contributed by atoms with Crippen molar-refractivity contribution in [3.05, 3.63) is 17.6 Å². The molecule has 1 amide bonds. The zero-order valence-electron chi connectivity index (χ0n) is 14.8. The number of aryl methyl sites for hydroxylation is 1. The van der Waals surface area contributed by atoms with Gasteiger partial charge in [0.2, 0.25) is 0 Å². The third-order valence-electron chi connectivity index (χ3n) is 4.29. The molecule has 1 aromatic heterocycles. The van der Waals surface area contributed by atoms with Gasteiger partial charge in [-0.1, -0.05) is 33.1 Å². The second-order valence-electron chi connectivity index (χ2n) is 6.46. The number of hydrogen-bond acceptors (Lipinski definition) is 4. The number of aromatic nitrogens is 2. The van der Waals surface area contributed by atoms with Gasteiger partial charge in [0, 0.05) is 25.2 Å². The van der Waals surface area contributed by atoms with Crippen molar-refractivity contribution in [2.75, 3.05) is 18.4 Å². The molecule has 1 aromatic rings. The summed E-state index contributed by atoms with van der Waals surface area (Å²) in [5, 5.41) is 3.50. The van der Waals surface area contributed by atoms with Gasteiger partial charge in [-0.2, -0.15) is 0 Å². The molecule has 1 fully saturated rings. The minimum Gasteiger partial charge on any atom is -0.367 e. The second-order valence-corrected chi connectivity index (χ2v) is 6.46. The summed E-state index contributed by atoms with van der Waals surface area (Å²) in [6.07, 6.45) is 8.16. The molecular weight excluding hydrogens is 288 g/mol. The fraction of sp³-hybridized carbons (Fsp3) is 0.722. The van der Waals surface area contributed by atoms with Gasteiger partial charge in [-0.25, -0.2) is 9.97 Å². The Labute approximate surface area is 139 Å². The van der Waals surface area contributed by atoms with Crippen LogP contribution in [0.4, 0.5) is 5.82 Å². The van der Waals surface area contributed by atoms with Crippen molar-refractivity contribution in [1.82, 2.24) is 14.9 Å². The molecular formula is C18H30N4O. The van der Waals surface area contributed by atoms with E-state index in [-0.39, 0.29) is 5.91 Å². The summed E-state index contributed by atoms with van der Waals surface area (Å²) < 4.78 is 0. The monoisotopic (exact) mass is 318 g/mol. The average Bonchev–Trinajstić information content (AvgIpc) is 2.54. The van der Waals surface area contributed by atoms with E-state index in [1.165, 1.54) is 32.1 Å². The van der Waals surface area contributed by atoms with Crippen LogP contribution in [0.5, 0.6) is 0 Å². The molecule has 1 N–H and O–H groups in total. The van der Waals surface area contributed by atoms with Gasteiger partial charge in [0.15, 0.2) is 0 Å². The van der Waals surface area contributed by atoms with Gasteiger partial charge in [0.1, 0.15) is 17.3 Å². The first-order valence-corrected chi connectivity index (χ1v) is 9.05. The molecule has 128 valence electrons. The lowest BCUT2D eigenvalue weighted by Crippen LogP contribution is -2.33. The summed E-state index contributed by atoms with van der Waals surface area (Å²) in [5.74, 6) is 1.47. The van der Waals surface area contributed by atoms with E-state index in [9.17, 15) is 4.79 Å². The van der Waals surface area contributed by atoms with Crippen LogP contribution in [0.25, 0.3) is 0 Å². The van der Waals surface area contributed by atoms with E-state index in [0.717, 1.165) is 31.7 Å². The maximum Gasteiger partial charge on any atom is 0.272 e. The van der Waals surface area contributed by atoms with Crippen molar-refractivity contribution >= 4 is 11.7 Å². The van der Waals surface area contributed by atoms with E-state index < -0.39 is 0 Å². The second kappa shape index (κ2) is 8.85. The zero-order valence-corrected chi connectivity index (χ0v) is 14.8. The van der Waals surface area contributed by atoms with Crippen LogP contribution in [0.3, 0.4) is 0 Å². The normalized spacial score (nSPS) is 15.4. The quantitative estimate of drug-likeness (QED) is 0.831. The first-order valence-electron chi connectivity index (χ1n) is 9.05. The highest BCUT2D eigenvalue weighted by molar-refractivity contribution is 5.93. The van der Waals surface area contributed by atoms with E-state index in [0.29, 0.717) is 17.6 Å². The molecule has 0 bridgehead atoms. The molecule has 5 heteroatoms. The molecule has 23 heavy (non-hydrogen) atoms. The summed E-state index contributed by atoms with van der Waals surface area (Å²) in [7, 11) is 0. The van der Waals surface area contributed by atoms with Crippen molar-refractivity contribution in [1.29, 1.82) is 0 Å². The highest BCUT2D eigenvalue weighted by Crippen LogP contribution is 2.21. The topological polar surface area (TPSA) is 58.1 Å². The minimum absolute atomic E-state index is 0.0193. The fourth-order valence-corrected chi connectivity index (χ4v) is 3.22. The van der Waals surface area contributed by atoms with Gasteiger partial charge < -0.3 is 10.2 Å². The van der Waals surface area contributed by atoms with Gasteiger partial charge in [-0.05, 0) is 32.6 Å². The Bertz CT molecular complexity index is 506. The largest absolute Gasteiger partial charge is 0.367 e. The molecule has 0 saturated heterocycles. The van der Waals surface area contributed by atoms with Crippen LogP contribution in [0.2, 0.25) is 0 Å². The standard InChI is InChI=1S/C18H30N4O/c1-4-11-22(12-5-2)18(23)16-13-17(20-14(3)19-16)21-15-9-7-6-8-10-15/h13,15H,4-12H2,1-3H3,(H,19,20,21). The summed E-state index contributed by atoms with van der Waals surface area (Å²) in [4.78, 5) is 23.5. The minimum atomic E-state index is 0.0193. The molecule has 0 aromatic carbocycles. The lowest BCUT2D eigenvalue weighted by molar-refractivity contribution is 0.0749. The van der Waals surface area contributed by atoms with Gasteiger partial charge in [0.25, 0.3) is 5.91 Å². The zero-order chi connectivity index (χ0) is 16.7. The number of rotatable bonds is 7. The molecule has 2 rings (SSSR count). The van der Waals surface area contributed by atoms with Gasteiger partial charge in [0.05, 0.1) is 0 Å². The van der Waals surface area contributed by atoms with Crippen LogP contribution in [-0.4, -0.2) is 39.9 Å². The highest BCUT2D eigenvalue weighted by atomic mass is 16.2. The Kier molecular flexibility index (Phi) is 6.81. The number of carbonyl (C=O) groups is 1. The SMILES string of the molecule is CCCN(CCC)C(=O)c1cc(NC2CCCCC2)nc(C)n1. The molecule has 0 aliphatic heterocycles. The number of carbonyl (C=O) groups excluding carboxylic acids is 1. The van der Waals surface area contributed by atoms with E-state index in [2.05, 4.69) is 29.1 Å². The van der Waals surface area contributed by atoms with Gasteiger partial charge >= 0.3 is 0 Å². The molecule has 5 nitrogen and oxygen atoms in total. The summed E-state index contributed by atoms with van der Waals surface area (Å²) >= 11 is 0. The third kappa shape index (κ3) is 5.19. The number of nitrogens with zero attached hydrogens (tertiary/aromatic N) is 3. The number of hydrogen-bond donors (Lipinski definition) is 1. The van der Waals surface area contributed by atoms with Crippen LogP contribution >= 0.6 is 0 Å². The molecule has 0 spiro atoms. The summed E-state index contributed by atoms with van der Waals surface area (Å²) in [5.41, 5.74) is 0.512. The van der Waals surface area contributed by atoms with Crippen molar-refractivity contribution in [2.24, 2.45) is 0 Å². The van der Waals surface area contributed by atoms with Crippen LogP contribution in [0.1, 0.15) is 75.1 Å². The van der Waals surface area contributed by atoms with Gasteiger partial charge in [-0.15, -0.1) is 0 Å². The summed E-state index contributed by atoms with van der Waals surface area (Å²) in [6.45, 7) is 7.60.